The molecule has 2 rings (SSSR count). The van der Waals surface area contributed by atoms with Crippen LogP contribution in [0.3, 0.4) is 0 Å². The van der Waals surface area contributed by atoms with Crippen molar-refractivity contribution in [1.29, 1.82) is 0 Å². The molecule has 0 unspecified atom stereocenters. The van der Waals surface area contributed by atoms with Crippen LogP contribution >= 0.6 is 11.5 Å². The zero-order valence-corrected chi connectivity index (χ0v) is 10.6. The maximum atomic E-state index is 5.42. The Hall–Kier alpha value is -1.46. The molecule has 3 N–H and O–H groups in total. The lowest BCUT2D eigenvalue weighted by molar-refractivity contribution is 0.998. The third-order valence-corrected chi connectivity index (χ3v) is 3.04. The number of hydrogen-bond donors (Lipinski definition) is 2. The van der Waals surface area contributed by atoms with Gasteiger partial charge < -0.3 is 11.1 Å². The highest BCUT2D eigenvalue weighted by Gasteiger charge is 2.04. The van der Waals surface area contributed by atoms with Gasteiger partial charge in [0.1, 0.15) is 5.82 Å². The summed E-state index contributed by atoms with van der Waals surface area (Å²) in [5.41, 5.74) is 7.92. The molecule has 0 saturated heterocycles. The second-order valence-electron chi connectivity index (χ2n) is 3.90. The molecule has 17 heavy (non-hydrogen) atoms. The van der Waals surface area contributed by atoms with Crippen LogP contribution in [0.15, 0.2) is 24.3 Å². The molecule has 0 saturated carbocycles. The molecule has 2 aromatic rings. The van der Waals surface area contributed by atoms with Crippen molar-refractivity contribution in [3.8, 4) is 0 Å². The van der Waals surface area contributed by atoms with Gasteiger partial charge in [-0.1, -0.05) is 29.8 Å². The molecule has 0 atom stereocenters. The minimum atomic E-state index is 0.604. The highest BCUT2D eigenvalue weighted by Crippen LogP contribution is 2.14. The summed E-state index contributed by atoms with van der Waals surface area (Å²) in [6.45, 7) is 3.43. The van der Waals surface area contributed by atoms with E-state index in [0.29, 0.717) is 6.54 Å². The van der Waals surface area contributed by atoms with Crippen LogP contribution in [0.5, 0.6) is 0 Å². The smallest absolute Gasteiger partial charge is 0.202 e. The van der Waals surface area contributed by atoms with Gasteiger partial charge in [0.05, 0.1) is 0 Å². The van der Waals surface area contributed by atoms with Crippen LogP contribution in [0.1, 0.15) is 17.0 Å². The molecule has 0 amide bonds. The summed E-state index contributed by atoms with van der Waals surface area (Å²) in [5.74, 6) is 0.861. The molecule has 0 fully saturated rings. The van der Waals surface area contributed by atoms with Gasteiger partial charge in [-0.15, -0.1) is 0 Å². The largest absolute Gasteiger partial charge is 0.359 e. The first kappa shape index (κ1) is 12.0. The Bertz CT molecular complexity index is 481. The van der Waals surface area contributed by atoms with Crippen LogP contribution in [0.4, 0.5) is 5.13 Å². The summed E-state index contributed by atoms with van der Waals surface area (Å²) in [6.07, 6.45) is 0.780. The van der Waals surface area contributed by atoms with E-state index in [0.717, 1.165) is 23.9 Å². The van der Waals surface area contributed by atoms with Gasteiger partial charge >= 0.3 is 0 Å². The standard InChI is InChI=1S/C12H16N4S/c1-9-3-2-4-10(7-9)8-11-15-12(17-16-11)14-6-5-13/h2-4,7H,5-6,8,13H2,1H3,(H,14,15,16). The summed E-state index contributed by atoms with van der Waals surface area (Å²) >= 11 is 1.39. The van der Waals surface area contributed by atoms with E-state index >= 15 is 0 Å². The molecule has 90 valence electrons. The van der Waals surface area contributed by atoms with Crippen molar-refractivity contribution >= 4 is 16.7 Å². The molecule has 1 aromatic carbocycles. The van der Waals surface area contributed by atoms with E-state index in [1.54, 1.807) is 0 Å². The average molecular weight is 248 g/mol. The maximum absolute atomic E-state index is 5.42. The monoisotopic (exact) mass is 248 g/mol. The van der Waals surface area contributed by atoms with Gasteiger partial charge in [-0.25, -0.2) is 4.98 Å². The zero-order chi connectivity index (χ0) is 12.1. The number of nitrogens with zero attached hydrogens (tertiary/aromatic N) is 2. The van der Waals surface area contributed by atoms with Gasteiger partial charge in [0.2, 0.25) is 5.13 Å². The minimum Gasteiger partial charge on any atom is -0.359 e. The fourth-order valence-corrected chi connectivity index (χ4v) is 2.19. The van der Waals surface area contributed by atoms with Crippen molar-refractivity contribution in [2.45, 2.75) is 13.3 Å². The Morgan fingerprint density at radius 2 is 2.29 bits per heavy atom. The van der Waals surface area contributed by atoms with Crippen molar-refractivity contribution in [2.75, 3.05) is 18.4 Å². The Morgan fingerprint density at radius 3 is 3.06 bits per heavy atom. The van der Waals surface area contributed by atoms with Crippen molar-refractivity contribution in [1.82, 2.24) is 9.36 Å². The van der Waals surface area contributed by atoms with E-state index < -0.39 is 0 Å². The highest BCUT2D eigenvalue weighted by atomic mass is 32.1. The number of benzene rings is 1. The van der Waals surface area contributed by atoms with E-state index in [-0.39, 0.29) is 0 Å². The van der Waals surface area contributed by atoms with Gasteiger partial charge in [-0.2, -0.15) is 4.37 Å². The number of aryl methyl sites for hydroxylation is 1. The van der Waals surface area contributed by atoms with Crippen LogP contribution in [-0.4, -0.2) is 22.4 Å². The molecule has 1 aromatic heterocycles. The molecule has 1 heterocycles. The van der Waals surface area contributed by atoms with Crippen molar-refractivity contribution < 1.29 is 0 Å². The summed E-state index contributed by atoms with van der Waals surface area (Å²) in [5, 5.41) is 3.98. The van der Waals surface area contributed by atoms with Gasteiger partial charge in [0.15, 0.2) is 0 Å². The molecular formula is C12H16N4S. The number of hydrogen-bond acceptors (Lipinski definition) is 5. The Kier molecular flexibility index (Phi) is 4.06. The summed E-state index contributed by atoms with van der Waals surface area (Å²) in [4.78, 5) is 4.41. The minimum absolute atomic E-state index is 0.604. The first-order chi connectivity index (χ1) is 8.28. The number of aromatic nitrogens is 2. The molecule has 0 radical (unpaired) electrons. The first-order valence-corrected chi connectivity index (χ1v) is 6.37. The predicted molar refractivity (Wildman–Crippen MR) is 71.4 cm³/mol. The van der Waals surface area contributed by atoms with E-state index in [1.807, 2.05) is 0 Å². The number of nitrogens with two attached hydrogens (primary N) is 1. The molecular weight excluding hydrogens is 232 g/mol. The van der Waals surface area contributed by atoms with E-state index in [4.69, 9.17) is 5.73 Å². The normalized spacial score (nSPS) is 10.5. The second-order valence-corrected chi connectivity index (χ2v) is 4.65. The number of anilines is 1. The number of nitrogens with one attached hydrogen (secondary N) is 1. The zero-order valence-electron chi connectivity index (χ0n) is 9.81. The molecule has 0 spiro atoms. The first-order valence-electron chi connectivity index (χ1n) is 5.60. The van der Waals surface area contributed by atoms with Gasteiger partial charge in [-0.05, 0) is 12.5 Å². The fourth-order valence-electron chi connectivity index (χ4n) is 1.58. The molecule has 4 nitrogen and oxygen atoms in total. The quantitative estimate of drug-likeness (QED) is 0.847. The lowest BCUT2D eigenvalue weighted by atomic mass is 10.1. The summed E-state index contributed by atoms with van der Waals surface area (Å²) in [6, 6.07) is 8.41. The molecule has 5 heteroatoms. The molecule has 0 aliphatic rings. The van der Waals surface area contributed by atoms with Crippen LogP contribution in [0.25, 0.3) is 0 Å². The highest BCUT2D eigenvalue weighted by molar-refractivity contribution is 7.09. The van der Waals surface area contributed by atoms with Crippen molar-refractivity contribution in [3.05, 3.63) is 41.2 Å². The fraction of sp³-hybridized carbons (Fsp3) is 0.333. The van der Waals surface area contributed by atoms with Gasteiger partial charge in [0, 0.05) is 31.0 Å². The average Bonchev–Trinajstić information content (AvgIpc) is 2.74. The Morgan fingerprint density at radius 1 is 1.41 bits per heavy atom. The molecule has 0 bridgehead atoms. The van der Waals surface area contributed by atoms with Gasteiger partial charge in [-0.3, -0.25) is 0 Å². The van der Waals surface area contributed by atoms with Crippen LogP contribution in [0, 0.1) is 6.92 Å². The topological polar surface area (TPSA) is 63.8 Å². The number of rotatable bonds is 5. The van der Waals surface area contributed by atoms with Crippen LogP contribution in [0.2, 0.25) is 0 Å². The molecule has 0 aliphatic heterocycles. The Labute approximate surface area is 105 Å². The lowest BCUT2D eigenvalue weighted by Gasteiger charge is -1.99. The maximum Gasteiger partial charge on any atom is 0.202 e. The Balaban J connectivity index is 2.01. The second kappa shape index (κ2) is 5.75. The molecule has 0 aliphatic carbocycles. The van der Waals surface area contributed by atoms with Gasteiger partial charge in [0.25, 0.3) is 0 Å². The third kappa shape index (κ3) is 3.51. The summed E-state index contributed by atoms with van der Waals surface area (Å²) < 4.78 is 4.32. The van der Waals surface area contributed by atoms with Crippen molar-refractivity contribution in [3.63, 3.8) is 0 Å². The van der Waals surface area contributed by atoms with Crippen LogP contribution in [-0.2, 0) is 6.42 Å². The lowest BCUT2D eigenvalue weighted by Crippen LogP contribution is -2.12. The van der Waals surface area contributed by atoms with E-state index in [9.17, 15) is 0 Å². The van der Waals surface area contributed by atoms with E-state index in [1.165, 1.54) is 22.7 Å². The SMILES string of the molecule is Cc1cccc(Cc2nsc(NCCN)n2)c1. The van der Waals surface area contributed by atoms with Crippen molar-refractivity contribution in [2.24, 2.45) is 5.73 Å². The summed E-state index contributed by atoms with van der Waals surface area (Å²) in [7, 11) is 0. The third-order valence-electron chi connectivity index (χ3n) is 2.33. The predicted octanol–water partition coefficient (Wildman–Crippen LogP) is 1.81. The van der Waals surface area contributed by atoms with E-state index in [2.05, 4.69) is 45.9 Å². The van der Waals surface area contributed by atoms with Crippen LogP contribution < -0.4 is 11.1 Å².